The smallest absolute Gasteiger partial charge is 0.270 e. The van der Waals surface area contributed by atoms with Gasteiger partial charge in [0.25, 0.3) is 5.69 Å². The highest BCUT2D eigenvalue weighted by atomic mass is 127. The van der Waals surface area contributed by atoms with E-state index in [1.165, 1.54) is 6.07 Å². The molecule has 110 valence electrons. The molecule has 6 nitrogen and oxygen atoms in total. The topological polar surface area (TPSA) is 75.8 Å². The minimum atomic E-state index is -0.397. The van der Waals surface area contributed by atoms with Gasteiger partial charge in [-0.05, 0) is 42.5 Å². The van der Waals surface area contributed by atoms with Gasteiger partial charge >= 0.3 is 0 Å². The summed E-state index contributed by atoms with van der Waals surface area (Å²) in [5.41, 5.74) is 0.659. The fraction of sp³-hybridized carbons (Fsp3) is 0.538. The Morgan fingerprint density at radius 1 is 1.60 bits per heavy atom. The lowest BCUT2D eigenvalue weighted by atomic mass is 10.0. The molecule has 1 saturated heterocycles. The molecule has 1 aliphatic heterocycles. The number of hydrogen-bond acceptors (Lipinski definition) is 5. The molecule has 1 unspecified atom stereocenters. The number of anilines is 1. The van der Waals surface area contributed by atoms with Crippen molar-refractivity contribution < 1.29 is 14.8 Å². The number of hydrogen-bond donors (Lipinski definition) is 1. The van der Waals surface area contributed by atoms with E-state index in [2.05, 4.69) is 27.5 Å². The van der Waals surface area contributed by atoms with E-state index in [1.54, 1.807) is 12.1 Å². The summed E-state index contributed by atoms with van der Waals surface area (Å²) in [4.78, 5) is 12.5. The van der Waals surface area contributed by atoms with Crippen molar-refractivity contribution >= 4 is 34.0 Å². The Balaban J connectivity index is 2.28. The number of halogens is 1. The Morgan fingerprint density at radius 3 is 2.85 bits per heavy atom. The number of ether oxygens (including phenoxy) is 1. The largest absolute Gasteiger partial charge is 0.394 e. The van der Waals surface area contributed by atoms with Crippen LogP contribution in [0, 0.1) is 13.7 Å². The van der Waals surface area contributed by atoms with Crippen LogP contribution in [0.15, 0.2) is 18.2 Å². The normalized spacial score (nSPS) is 21.8. The molecule has 0 bridgehead atoms. The molecule has 7 heteroatoms. The van der Waals surface area contributed by atoms with E-state index in [0.29, 0.717) is 13.1 Å². The van der Waals surface area contributed by atoms with Crippen molar-refractivity contribution in [2.24, 2.45) is 0 Å². The first-order valence-electron chi connectivity index (χ1n) is 6.30. The quantitative estimate of drug-likeness (QED) is 0.485. The van der Waals surface area contributed by atoms with Crippen molar-refractivity contribution in [3.63, 3.8) is 0 Å². The van der Waals surface area contributed by atoms with Crippen LogP contribution in [0.5, 0.6) is 0 Å². The Bertz CT molecular complexity index is 521. The van der Waals surface area contributed by atoms with Gasteiger partial charge in [0.2, 0.25) is 0 Å². The van der Waals surface area contributed by atoms with Gasteiger partial charge in [0.1, 0.15) is 0 Å². The van der Waals surface area contributed by atoms with E-state index >= 15 is 0 Å². The van der Waals surface area contributed by atoms with Crippen molar-refractivity contribution in [3.05, 3.63) is 31.9 Å². The van der Waals surface area contributed by atoms with Gasteiger partial charge < -0.3 is 14.7 Å². The number of rotatable bonds is 3. The van der Waals surface area contributed by atoms with E-state index < -0.39 is 4.92 Å². The maximum atomic E-state index is 10.8. The zero-order valence-corrected chi connectivity index (χ0v) is 13.5. The lowest BCUT2D eigenvalue weighted by molar-refractivity contribution is -0.384. The molecule has 1 aromatic carbocycles. The molecule has 0 aromatic heterocycles. The lowest BCUT2D eigenvalue weighted by Crippen LogP contribution is -2.54. The maximum Gasteiger partial charge on any atom is 0.270 e. The molecule has 20 heavy (non-hydrogen) atoms. The first-order chi connectivity index (χ1) is 9.32. The van der Waals surface area contributed by atoms with Gasteiger partial charge in [-0.25, -0.2) is 0 Å². The summed E-state index contributed by atoms with van der Waals surface area (Å²) in [7, 11) is 0. The van der Waals surface area contributed by atoms with E-state index in [1.807, 2.05) is 13.8 Å². The highest BCUT2D eigenvalue weighted by Gasteiger charge is 2.34. The second kappa shape index (κ2) is 5.82. The fourth-order valence-corrected chi connectivity index (χ4v) is 3.28. The summed E-state index contributed by atoms with van der Waals surface area (Å²) in [6.07, 6.45) is -0.246. The van der Waals surface area contributed by atoms with Crippen molar-refractivity contribution in [2.45, 2.75) is 25.6 Å². The van der Waals surface area contributed by atoms with Crippen molar-refractivity contribution in [1.29, 1.82) is 0 Å². The maximum absolute atomic E-state index is 10.8. The number of benzene rings is 1. The molecular formula is C13H17IN2O4. The third-order valence-electron chi connectivity index (χ3n) is 3.17. The average molecular weight is 392 g/mol. The highest BCUT2D eigenvalue weighted by Crippen LogP contribution is 2.31. The van der Waals surface area contributed by atoms with Gasteiger partial charge in [0, 0.05) is 28.8 Å². The first-order valence-corrected chi connectivity index (χ1v) is 7.38. The van der Waals surface area contributed by atoms with Gasteiger partial charge in [0.15, 0.2) is 0 Å². The number of nitro benzene ring substituents is 1. The van der Waals surface area contributed by atoms with Gasteiger partial charge in [-0.1, -0.05) is 0 Å². The van der Waals surface area contributed by atoms with Crippen molar-refractivity contribution in [1.82, 2.24) is 0 Å². The Morgan fingerprint density at radius 2 is 2.30 bits per heavy atom. The molecule has 2 rings (SSSR count). The molecule has 0 saturated carbocycles. The summed E-state index contributed by atoms with van der Waals surface area (Å²) in [6, 6.07) is 4.83. The second-order valence-electron chi connectivity index (χ2n) is 5.46. The van der Waals surface area contributed by atoms with E-state index in [0.717, 1.165) is 9.26 Å². The van der Waals surface area contributed by atoms with Crippen LogP contribution in [0.4, 0.5) is 11.4 Å². The SMILES string of the molecule is CC1(C)CN(c2ccc([N+](=O)[O-])cc2I)CC(CO)O1. The Labute approximate surface area is 131 Å². The van der Waals surface area contributed by atoms with Crippen LogP contribution in [-0.4, -0.2) is 41.4 Å². The molecule has 1 aromatic rings. The minimum Gasteiger partial charge on any atom is -0.394 e. The standard InChI is InChI=1S/C13H17IN2O4/c1-13(2)8-15(6-10(7-17)20-13)12-4-3-9(16(18)19)5-11(12)14/h3-5,10,17H,6-8H2,1-2H3. The van der Waals surface area contributed by atoms with Crippen molar-refractivity contribution in [2.75, 3.05) is 24.6 Å². The van der Waals surface area contributed by atoms with Crippen LogP contribution in [0.1, 0.15) is 13.8 Å². The number of aliphatic hydroxyl groups excluding tert-OH is 1. The first kappa shape index (κ1) is 15.5. The number of nitrogens with zero attached hydrogens (tertiary/aromatic N) is 2. The molecule has 1 atom stereocenters. The van der Waals surface area contributed by atoms with Gasteiger partial charge in [-0.3, -0.25) is 10.1 Å². The molecule has 0 radical (unpaired) electrons. The van der Waals surface area contributed by atoms with Crippen LogP contribution in [0.2, 0.25) is 0 Å². The molecule has 1 N–H and O–H groups in total. The molecule has 1 aliphatic rings. The zero-order valence-electron chi connectivity index (χ0n) is 11.4. The van der Waals surface area contributed by atoms with Crippen LogP contribution < -0.4 is 4.90 Å². The predicted octanol–water partition coefficient (Wildman–Crippen LogP) is 2.18. The van der Waals surface area contributed by atoms with Crippen LogP contribution in [0.3, 0.4) is 0 Å². The van der Waals surface area contributed by atoms with Crippen LogP contribution in [-0.2, 0) is 4.74 Å². The fourth-order valence-electron chi connectivity index (χ4n) is 2.44. The number of morpholine rings is 1. The van der Waals surface area contributed by atoms with E-state index in [4.69, 9.17) is 4.74 Å². The molecule has 0 aliphatic carbocycles. The van der Waals surface area contributed by atoms with E-state index in [9.17, 15) is 15.2 Å². The van der Waals surface area contributed by atoms with Gasteiger partial charge in [0.05, 0.1) is 28.9 Å². The van der Waals surface area contributed by atoms with Crippen LogP contribution in [0.25, 0.3) is 0 Å². The van der Waals surface area contributed by atoms with Gasteiger partial charge in [-0.2, -0.15) is 0 Å². The molecular weight excluding hydrogens is 375 g/mol. The summed E-state index contributed by atoms with van der Waals surface area (Å²) < 4.78 is 6.60. The monoisotopic (exact) mass is 392 g/mol. The lowest BCUT2D eigenvalue weighted by Gasteiger charge is -2.43. The highest BCUT2D eigenvalue weighted by molar-refractivity contribution is 14.1. The average Bonchev–Trinajstić information content (AvgIpc) is 2.36. The summed E-state index contributed by atoms with van der Waals surface area (Å²) in [6.45, 7) is 5.16. The predicted molar refractivity (Wildman–Crippen MR) is 84.1 cm³/mol. The Kier molecular flexibility index (Phi) is 4.50. The molecule has 1 heterocycles. The third-order valence-corrected chi connectivity index (χ3v) is 4.03. The molecule has 1 fully saturated rings. The third kappa shape index (κ3) is 3.39. The van der Waals surface area contributed by atoms with Crippen molar-refractivity contribution in [3.8, 4) is 0 Å². The Hall–Kier alpha value is -0.930. The summed E-state index contributed by atoms with van der Waals surface area (Å²) in [5.74, 6) is 0. The second-order valence-corrected chi connectivity index (χ2v) is 6.62. The van der Waals surface area contributed by atoms with Gasteiger partial charge in [-0.15, -0.1) is 0 Å². The zero-order chi connectivity index (χ0) is 14.9. The van der Waals surface area contributed by atoms with Crippen LogP contribution >= 0.6 is 22.6 Å². The van der Waals surface area contributed by atoms with E-state index in [-0.39, 0.29) is 24.0 Å². The number of aliphatic hydroxyl groups is 1. The summed E-state index contributed by atoms with van der Waals surface area (Å²) in [5, 5.41) is 20.1. The summed E-state index contributed by atoms with van der Waals surface area (Å²) >= 11 is 2.10. The molecule has 0 spiro atoms. The molecule has 0 amide bonds. The number of nitro groups is 1. The number of non-ortho nitro benzene ring substituents is 1. The minimum absolute atomic E-state index is 0.0382.